The maximum Gasteiger partial charge on any atom is 0.258 e. The minimum absolute atomic E-state index is 0. The van der Waals surface area contributed by atoms with Crippen LogP contribution in [0.5, 0.6) is 5.75 Å². The Bertz CT molecular complexity index is 799. The molecule has 3 heterocycles. The Morgan fingerprint density at radius 3 is 3.04 bits per heavy atom. The number of aromatic nitrogens is 2. The van der Waals surface area contributed by atoms with Gasteiger partial charge < -0.3 is 15.0 Å². The Labute approximate surface area is 159 Å². The fraction of sp³-hybridized carbons (Fsp3) is 0.421. The standard InChI is InChI=1S/C19H22N4O2.ClH/c1-25-17-7-3-2-5-14(17)19(24)23-10-4-6-16(23)18-21-12-13-11-20-9-8-15(13)22-18;/h2-3,5,7,12,16,20H,4,6,8-11H2,1H3;1H. The highest BCUT2D eigenvalue weighted by Gasteiger charge is 2.34. The third kappa shape index (κ3) is 3.39. The van der Waals surface area contributed by atoms with E-state index in [-0.39, 0.29) is 24.4 Å². The number of fused-ring (bicyclic) bond motifs is 1. The van der Waals surface area contributed by atoms with Crippen LogP contribution in [0.3, 0.4) is 0 Å². The lowest BCUT2D eigenvalue weighted by atomic mass is 10.1. The molecular formula is C19H23ClN4O2. The van der Waals surface area contributed by atoms with Crippen LogP contribution in [0, 0.1) is 0 Å². The lowest BCUT2D eigenvalue weighted by molar-refractivity contribution is 0.0726. The van der Waals surface area contributed by atoms with Crippen molar-refractivity contribution in [1.82, 2.24) is 20.2 Å². The summed E-state index contributed by atoms with van der Waals surface area (Å²) in [5.41, 5.74) is 2.87. The van der Waals surface area contributed by atoms with E-state index in [4.69, 9.17) is 9.72 Å². The first-order chi connectivity index (χ1) is 12.3. The van der Waals surface area contributed by atoms with E-state index in [1.54, 1.807) is 7.11 Å². The molecule has 0 bridgehead atoms. The minimum atomic E-state index is -0.0578. The largest absolute Gasteiger partial charge is 0.496 e. The van der Waals surface area contributed by atoms with Crippen molar-refractivity contribution in [1.29, 1.82) is 0 Å². The maximum absolute atomic E-state index is 13.1. The Kier molecular flexibility index (Phi) is 5.74. The van der Waals surface area contributed by atoms with Gasteiger partial charge >= 0.3 is 0 Å². The van der Waals surface area contributed by atoms with Crippen molar-refractivity contribution in [3.05, 3.63) is 53.1 Å². The number of methoxy groups -OCH3 is 1. The maximum atomic E-state index is 13.1. The first-order valence-electron chi connectivity index (χ1n) is 8.77. The van der Waals surface area contributed by atoms with Gasteiger partial charge in [-0.25, -0.2) is 9.97 Å². The normalized spacial score (nSPS) is 18.8. The van der Waals surface area contributed by atoms with Crippen LogP contribution in [0.1, 0.15) is 46.3 Å². The van der Waals surface area contributed by atoms with Gasteiger partial charge in [-0.3, -0.25) is 4.79 Å². The van der Waals surface area contributed by atoms with E-state index < -0.39 is 0 Å². The Balaban J connectivity index is 0.00000196. The molecule has 0 radical (unpaired) electrons. The summed E-state index contributed by atoms with van der Waals surface area (Å²) in [7, 11) is 1.59. The monoisotopic (exact) mass is 374 g/mol. The van der Waals surface area contributed by atoms with Gasteiger partial charge in [-0.2, -0.15) is 0 Å². The van der Waals surface area contributed by atoms with Crippen LogP contribution in [-0.2, 0) is 13.0 Å². The average molecular weight is 375 g/mol. The summed E-state index contributed by atoms with van der Waals surface area (Å²) in [6, 6.07) is 7.31. The molecule has 1 aromatic carbocycles. The van der Waals surface area contributed by atoms with Crippen molar-refractivity contribution < 1.29 is 9.53 Å². The molecule has 1 unspecified atom stereocenters. The number of nitrogens with one attached hydrogen (secondary N) is 1. The zero-order valence-corrected chi connectivity index (χ0v) is 15.6. The molecule has 138 valence electrons. The van der Waals surface area contributed by atoms with Crippen molar-refractivity contribution >= 4 is 18.3 Å². The molecule has 7 heteroatoms. The van der Waals surface area contributed by atoms with Gasteiger partial charge in [-0.05, 0) is 25.0 Å². The van der Waals surface area contributed by atoms with Gasteiger partial charge in [0.2, 0.25) is 0 Å². The van der Waals surface area contributed by atoms with Crippen molar-refractivity contribution in [2.45, 2.75) is 31.8 Å². The third-order valence-corrected chi connectivity index (χ3v) is 4.98. The molecule has 26 heavy (non-hydrogen) atoms. The van der Waals surface area contributed by atoms with E-state index >= 15 is 0 Å². The highest BCUT2D eigenvalue weighted by Crippen LogP contribution is 2.33. The van der Waals surface area contributed by atoms with Crippen LogP contribution in [0.25, 0.3) is 0 Å². The second-order valence-electron chi connectivity index (χ2n) is 6.48. The van der Waals surface area contributed by atoms with Crippen LogP contribution in [0.4, 0.5) is 0 Å². The molecule has 0 aliphatic carbocycles. The van der Waals surface area contributed by atoms with Crippen LogP contribution in [0.15, 0.2) is 30.5 Å². The molecule has 0 saturated carbocycles. The molecule has 2 aliphatic rings. The van der Waals surface area contributed by atoms with E-state index in [0.717, 1.165) is 56.0 Å². The lowest BCUT2D eigenvalue weighted by Crippen LogP contribution is -2.32. The van der Waals surface area contributed by atoms with E-state index in [9.17, 15) is 4.79 Å². The van der Waals surface area contributed by atoms with Gasteiger partial charge in [0.25, 0.3) is 5.91 Å². The number of likely N-dealkylation sites (tertiary alicyclic amines) is 1. The van der Waals surface area contributed by atoms with Gasteiger partial charge in [0, 0.05) is 43.5 Å². The van der Waals surface area contributed by atoms with E-state index in [2.05, 4.69) is 10.3 Å². The number of nitrogens with zero attached hydrogens (tertiary/aromatic N) is 3. The summed E-state index contributed by atoms with van der Waals surface area (Å²) < 4.78 is 5.36. The SMILES string of the molecule is COc1ccccc1C(=O)N1CCCC1c1ncc2c(n1)CCNC2.Cl. The van der Waals surface area contributed by atoms with Gasteiger partial charge in [0.15, 0.2) is 5.82 Å². The molecule has 1 atom stereocenters. The fourth-order valence-corrected chi connectivity index (χ4v) is 3.67. The van der Waals surface area contributed by atoms with Gasteiger partial charge in [-0.1, -0.05) is 12.1 Å². The molecule has 1 saturated heterocycles. The number of rotatable bonds is 3. The highest BCUT2D eigenvalue weighted by molar-refractivity contribution is 5.97. The molecule has 1 amide bonds. The second kappa shape index (κ2) is 8.01. The Morgan fingerprint density at radius 1 is 1.35 bits per heavy atom. The molecule has 0 spiro atoms. The molecule has 1 N–H and O–H groups in total. The predicted octanol–water partition coefficient (Wildman–Crippen LogP) is 2.53. The molecule has 2 aliphatic heterocycles. The smallest absolute Gasteiger partial charge is 0.258 e. The number of hydrogen-bond donors (Lipinski definition) is 1. The molecule has 1 fully saturated rings. The van der Waals surface area contributed by atoms with Crippen molar-refractivity contribution in [3.63, 3.8) is 0 Å². The van der Waals surface area contributed by atoms with E-state index in [1.807, 2.05) is 35.4 Å². The first-order valence-corrected chi connectivity index (χ1v) is 8.77. The van der Waals surface area contributed by atoms with Crippen LogP contribution in [0.2, 0.25) is 0 Å². The third-order valence-electron chi connectivity index (χ3n) is 4.98. The van der Waals surface area contributed by atoms with E-state index in [1.165, 1.54) is 0 Å². The number of para-hydroxylation sites is 1. The molecule has 4 rings (SSSR count). The van der Waals surface area contributed by atoms with Crippen LogP contribution < -0.4 is 10.1 Å². The van der Waals surface area contributed by atoms with Crippen LogP contribution >= 0.6 is 12.4 Å². The van der Waals surface area contributed by atoms with Crippen molar-refractivity contribution in [3.8, 4) is 5.75 Å². The summed E-state index contributed by atoms with van der Waals surface area (Å²) in [6.45, 7) is 2.49. The zero-order chi connectivity index (χ0) is 17.2. The number of carbonyl (C=O) groups excluding carboxylic acids is 1. The lowest BCUT2D eigenvalue weighted by Gasteiger charge is -2.25. The number of halogens is 1. The number of benzene rings is 1. The number of carbonyl (C=O) groups is 1. The number of amides is 1. The van der Waals surface area contributed by atoms with E-state index in [0.29, 0.717) is 11.3 Å². The van der Waals surface area contributed by atoms with Crippen molar-refractivity contribution in [2.24, 2.45) is 0 Å². The molecule has 2 aromatic rings. The number of ether oxygens (including phenoxy) is 1. The molecule has 1 aromatic heterocycles. The molecule has 6 nitrogen and oxygen atoms in total. The summed E-state index contributed by atoms with van der Waals surface area (Å²) in [6.07, 6.45) is 4.69. The van der Waals surface area contributed by atoms with Crippen molar-refractivity contribution in [2.75, 3.05) is 20.2 Å². The summed E-state index contributed by atoms with van der Waals surface area (Å²) in [4.78, 5) is 24.3. The summed E-state index contributed by atoms with van der Waals surface area (Å²) in [5.74, 6) is 1.36. The Hall–Kier alpha value is -2.18. The highest BCUT2D eigenvalue weighted by atomic mass is 35.5. The molecular weight excluding hydrogens is 352 g/mol. The fourth-order valence-electron chi connectivity index (χ4n) is 3.67. The second-order valence-corrected chi connectivity index (χ2v) is 6.48. The van der Waals surface area contributed by atoms with Gasteiger partial charge in [0.1, 0.15) is 5.75 Å². The Morgan fingerprint density at radius 2 is 2.19 bits per heavy atom. The summed E-state index contributed by atoms with van der Waals surface area (Å²) in [5, 5.41) is 3.33. The zero-order valence-electron chi connectivity index (χ0n) is 14.8. The van der Waals surface area contributed by atoms with Crippen LogP contribution in [-0.4, -0.2) is 41.0 Å². The minimum Gasteiger partial charge on any atom is -0.496 e. The average Bonchev–Trinajstić information content (AvgIpc) is 3.16. The quantitative estimate of drug-likeness (QED) is 0.894. The first kappa shape index (κ1) is 18.6. The number of hydrogen-bond acceptors (Lipinski definition) is 5. The predicted molar refractivity (Wildman–Crippen MR) is 101 cm³/mol. The summed E-state index contributed by atoms with van der Waals surface area (Å²) >= 11 is 0. The van der Waals surface area contributed by atoms with Gasteiger partial charge in [0.05, 0.1) is 18.7 Å². The van der Waals surface area contributed by atoms with Gasteiger partial charge in [-0.15, -0.1) is 12.4 Å². The topological polar surface area (TPSA) is 67.3 Å².